The minimum absolute atomic E-state index is 0.00784. The van der Waals surface area contributed by atoms with Crippen LogP contribution in [0.2, 0.25) is 0 Å². The van der Waals surface area contributed by atoms with Crippen molar-refractivity contribution in [3.05, 3.63) is 0 Å². The summed E-state index contributed by atoms with van der Waals surface area (Å²) in [5.74, 6) is 0.342. The largest absolute Gasteiger partial charge is 0.453 e. The lowest BCUT2D eigenvalue weighted by atomic mass is 9.92. The lowest BCUT2D eigenvalue weighted by Crippen LogP contribution is -2.59. The van der Waals surface area contributed by atoms with E-state index in [2.05, 4.69) is 43.0 Å². The fraction of sp³-hybridized carbons (Fsp3) is 0.875. The number of ether oxygens (including phenoxy) is 1. The standard InChI is InChI=1S/C8H16IN3O2/c1-5-3-12(9)4-6(10)7(5)11-8(13)14-2/h5-7H,3-4,10H2,1-2H3,(H,11,13). The van der Waals surface area contributed by atoms with Gasteiger partial charge >= 0.3 is 6.09 Å². The fourth-order valence-electron chi connectivity index (χ4n) is 1.71. The predicted octanol–water partition coefficient (Wildman–Crippen LogP) is 0.340. The Morgan fingerprint density at radius 2 is 2.29 bits per heavy atom. The third kappa shape index (κ3) is 2.96. The number of carbonyl (C=O) groups excluding carboxylic acids is 1. The molecule has 3 unspecified atom stereocenters. The third-order valence-corrected chi connectivity index (χ3v) is 3.23. The first-order chi connectivity index (χ1) is 6.54. The summed E-state index contributed by atoms with van der Waals surface area (Å²) in [6, 6.07) is -0.0248. The first-order valence-electron chi connectivity index (χ1n) is 4.55. The molecule has 6 heteroatoms. The summed E-state index contributed by atoms with van der Waals surface area (Å²) in [6.07, 6.45) is -0.404. The van der Waals surface area contributed by atoms with E-state index < -0.39 is 6.09 Å². The number of piperidine rings is 1. The molecule has 1 heterocycles. The van der Waals surface area contributed by atoms with Crippen molar-refractivity contribution in [1.82, 2.24) is 8.43 Å². The molecule has 0 saturated carbocycles. The normalized spacial score (nSPS) is 33.9. The van der Waals surface area contributed by atoms with Gasteiger partial charge in [0.25, 0.3) is 0 Å². The Bertz CT molecular complexity index is 203. The summed E-state index contributed by atoms with van der Waals surface area (Å²) in [7, 11) is 1.36. The van der Waals surface area contributed by atoms with Gasteiger partial charge in [-0.1, -0.05) is 6.92 Å². The first kappa shape index (κ1) is 12.0. The van der Waals surface area contributed by atoms with E-state index in [1.54, 1.807) is 0 Å². The number of rotatable bonds is 1. The highest BCUT2D eigenvalue weighted by Crippen LogP contribution is 2.18. The monoisotopic (exact) mass is 313 g/mol. The average molecular weight is 313 g/mol. The molecular weight excluding hydrogens is 297 g/mol. The van der Waals surface area contributed by atoms with Crippen LogP contribution in [0.3, 0.4) is 0 Å². The van der Waals surface area contributed by atoms with Gasteiger partial charge in [0.2, 0.25) is 0 Å². The van der Waals surface area contributed by atoms with Gasteiger partial charge in [-0.15, -0.1) is 0 Å². The summed E-state index contributed by atoms with van der Waals surface area (Å²) in [4.78, 5) is 11.0. The highest BCUT2D eigenvalue weighted by atomic mass is 127. The molecule has 1 aliphatic rings. The number of methoxy groups -OCH3 is 1. The van der Waals surface area contributed by atoms with Crippen LogP contribution in [0.15, 0.2) is 0 Å². The number of amides is 1. The summed E-state index contributed by atoms with van der Waals surface area (Å²) < 4.78 is 6.70. The van der Waals surface area contributed by atoms with Crippen LogP contribution in [0.5, 0.6) is 0 Å². The van der Waals surface area contributed by atoms with Gasteiger partial charge in [-0.25, -0.2) is 7.91 Å². The molecule has 0 aromatic rings. The minimum atomic E-state index is -0.404. The Kier molecular flexibility index (Phi) is 4.39. The SMILES string of the molecule is COC(=O)NC1C(C)CN(I)CC1N. The van der Waals surface area contributed by atoms with Gasteiger partial charge in [-0.2, -0.15) is 0 Å². The van der Waals surface area contributed by atoms with Crippen LogP contribution in [-0.4, -0.2) is 41.5 Å². The van der Waals surface area contributed by atoms with Crippen LogP contribution in [0.4, 0.5) is 4.79 Å². The van der Waals surface area contributed by atoms with E-state index in [1.807, 2.05) is 0 Å². The van der Waals surface area contributed by atoms with E-state index in [4.69, 9.17) is 5.73 Å². The molecule has 3 atom stereocenters. The highest BCUT2D eigenvalue weighted by molar-refractivity contribution is 14.1. The Morgan fingerprint density at radius 1 is 1.64 bits per heavy atom. The second-order valence-electron chi connectivity index (χ2n) is 3.63. The summed E-state index contributed by atoms with van der Waals surface area (Å²) in [6.45, 7) is 3.80. The maximum absolute atomic E-state index is 11.0. The molecule has 1 rings (SSSR count). The smallest absolute Gasteiger partial charge is 0.407 e. The molecule has 0 radical (unpaired) electrons. The number of nitrogens with one attached hydrogen (secondary N) is 1. The van der Waals surface area contributed by atoms with Crippen molar-refractivity contribution in [2.24, 2.45) is 11.7 Å². The van der Waals surface area contributed by atoms with Crippen molar-refractivity contribution in [2.45, 2.75) is 19.0 Å². The first-order valence-corrected chi connectivity index (χ1v) is 5.52. The van der Waals surface area contributed by atoms with Crippen molar-refractivity contribution in [3.63, 3.8) is 0 Å². The zero-order chi connectivity index (χ0) is 10.7. The van der Waals surface area contributed by atoms with E-state index in [-0.39, 0.29) is 12.1 Å². The predicted molar refractivity (Wildman–Crippen MR) is 62.1 cm³/mol. The van der Waals surface area contributed by atoms with Crippen molar-refractivity contribution in [3.8, 4) is 0 Å². The summed E-state index contributed by atoms with van der Waals surface area (Å²) in [5.41, 5.74) is 5.95. The van der Waals surface area contributed by atoms with Crippen LogP contribution in [-0.2, 0) is 4.74 Å². The van der Waals surface area contributed by atoms with Crippen LogP contribution in [0, 0.1) is 5.92 Å². The Balaban J connectivity index is 2.53. The van der Waals surface area contributed by atoms with E-state index in [9.17, 15) is 4.79 Å². The molecule has 1 fully saturated rings. The summed E-state index contributed by atoms with van der Waals surface area (Å²) in [5, 5.41) is 2.77. The molecule has 3 N–H and O–H groups in total. The number of hydrogen-bond donors (Lipinski definition) is 2. The molecule has 0 aliphatic carbocycles. The van der Waals surface area contributed by atoms with E-state index in [0.29, 0.717) is 5.92 Å². The number of hydrogen-bond acceptors (Lipinski definition) is 4. The molecule has 5 nitrogen and oxygen atoms in total. The zero-order valence-corrected chi connectivity index (χ0v) is 10.5. The van der Waals surface area contributed by atoms with Crippen LogP contribution in [0.1, 0.15) is 6.92 Å². The number of nitrogens with two attached hydrogens (primary N) is 1. The van der Waals surface area contributed by atoms with E-state index in [0.717, 1.165) is 13.1 Å². The van der Waals surface area contributed by atoms with Gasteiger partial charge < -0.3 is 15.8 Å². The molecule has 1 saturated heterocycles. The van der Waals surface area contributed by atoms with Crippen molar-refractivity contribution < 1.29 is 9.53 Å². The molecule has 0 spiro atoms. The second-order valence-corrected chi connectivity index (χ2v) is 5.00. The van der Waals surface area contributed by atoms with Crippen LogP contribution < -0.4 is 11.1 Å². The quantitative estimate of drug-likeness (QED) is 0.541. The fourth-order valence-corrected chi connectivity index (χ4v) is 2.79. The van der Waals surface area contributed by atoms with E-state index >= 15 is 0 Å². The van der Waals surface area contributed by atoms with Gasteiger partial charge in [-0.05, 0) is 5.92 Å². The highest BCUT2D eigenvalue weighted by Gasteiger charge is 2.32. The Labute approximate surface area is 97.8 Å². The van der Waals surface area contributed by atoms with Crippen molar-refractivity contribution in [2.75, 3.05) is 20.2 Å². The summed E-state index contributed by atoms with van der Waals surface area (Å²) >= 11 is 2.25. The Morgan fingerprint density at radius 3 is 2.79 bits per heavy atom. The lowest BCUT2D eigenvalue weighted by molar-refractivity contribution is 0.148. The van der Waals surface area contributed by atoms with Gasteiger partial charge in [-0.3, -0.25) is 0 Å². The molecular formula is C8H16IN3O2. The minimum Gasteiger partial charge on any atom is -0.453 e. The van der Waals surface area contributed by atoms with Crippen molar-refractivity contribution >= 4 is 29.0 Å². The molecule has 0 bridgehead atoms. The number of carbonyl (C=O) groups is 1. The molecule has 0 aromatic heterocycles. The van der Waals surface area contributed by atoms with Crippen LogP contribution >= 0.6 is 22.9 Å². The number of nitrogens with zero attached hydrogens (tertiary/aromatic N) is 1. The maximum atomic E-state index is 11.0. The van der Waals surface area contributed by atoms with Crippen molar-refractivity contribution in [1.29, 1.82) is 0 Å². The lowest BCUT2D eigenvalue weighted by Gasteiger charge is -2.38. The number of alkyl carbamates (subject to hydrolysis) is 1. The van der Waals surface area contributed by atoms with Gasteiger partial charge in [0.05, 0.1) is 13.2 Å². The Hall–Kier alpha value is -0.0800. The van der Waals surface area contributed by atoms with Gasteiger partial charge in [0, 0.05) is 42.0 Å². The molecule has 1 amide bonds. The molecule has 82 valence electrons. The topological polar surface area (TPSA) is 67.6 Å². The number of halogens is 1. The van der Waals surface area contributed by atoms with E-state index in [1.165, 1.54) is 7.11 Å². The molecule has 0 aromatic carbocycles. The van der Waals surface area contributed by atoms with Crippen LogP contribution in [0.25, 0.3) is 0 Å². The zero-order valence-electron chi connectivity index (χ0n) is 8.37. The third-order valence-electron chi connectivity index (χ3n) is 2.44. The molecule has 1 aliphatic heterocycles. The average Bonchev–Trinajstić information content (AvgIpc) is 2.10. The molecule has 14 heavy (non-hydrogen) atoms. The van der Waals surface area contributed by atoms with Gasteiger partial charge in [0.15, 0.2) is 0 Å². The second kappa shape index (κ2) is 5.13. The van der Waals surface area contributed by atoms with Gasteiger partial charge in [0.1, 0.15) is 0 Å². The maximum Gasteiger partial charge on any atom is 0.407 e.